The van der Waals surface area contributed by atoms with Gasteiger partial charge in [0.15, 0.2) is 0 Å². The molecule has 1 N–H and O–H groups in total. The summed E-state index contributed by atoms with van der Waals surface area (Å²) in [7, 11) is -3.72. The Morgan fingerprint density at radius 3 is 2.40 bits per heavy atom. The molecule has 1 aromatic heterocycles. The lowest BCUT2D eigenvalue weighted by Crippen LogP contribution is -2.41. The maximum atomic E-state index is 12.1. The van der Waals surface area contributed by atoms with Crippen LogP contribution in [0.4, 0.5) is 0 Å². The number of carbonyl (C=O) groups excluding carboxylic acids is 1. The normalized spacial score (nSPS) is 14.1. The van der Waals surface area contributed by atoms with Gasteiger partial charge in [-0.2, -0.15) is 4.72 Å². The van der Waals surface area contributed by atoms with Crippen molar-refractivity contribution >= 4 is 43.3 Å². The highest BCUT2D eigenvalue weighted by atomic mass is 79.9. The summed E-state index contributed by atoms with van der Waals surface area (Å²) in [5, 5.41) is 0. The Kier molecular flexibility index (Phi) is 5.40. The van der Waals surface area contributed by atoms with Crippen LogP contribution in [0.2, 0.25) is 0 Å². The van der Waals surface area contributed by atoms with Gasteiger partial charge in [0.2, 0.25) is 0 Å². The third-order valence-corrected chi connectivity index (χ3v) is 6.34. The molecule has 1 rings (SSSR count). The molecule has 0 unspecified atom stereocenters. The van der Waals surface area contributed by atoms with E-state index in [4.69, 9.17) is 4.74 Å². The number of hydrogen-bond donors (Lipinski definition) is 1. The van der Waals surface area contributed by atoms with Crippen molar-refractivity contribution in [1.82, 2.24) is 4.72 Å². The molecular weight excluding hydrogens is 366 g/mol. The van der Waals surface area contributed by atoms with Crippen LogP contribution in [0.3, 0.4) is 0 Å². The van der Waals surface area contributed by atoms with Crippen molar-refractivity contribution in [2.75, 3.05) is 0 Å². The molecule has 1 atom stereocenters. The zero-order valence-electron chi connectivity index (χ0n) is 12.0. The van der Waals surface area contributed by atoms with Crippen LogP contribution < -0.4 is 4.72 Å². The van der Waals surface area contributed by atoms with Gasteiger partial charge < -0.3 is 4.74 Å². The fourth-order valence-corrected chi connectivity index (χ4v) is 4.73. The van der Waals surface area contributed by atoms with Crippen molar-refractivity contribution in [3.05, 3.63) is 15.4 Å². The number of sulfonamides is 1. The molecule has 0 aliphatic rings. The van der Waals surface area contributed by atoms with E-state index in [1.165, 1.54) is 6.92 Å². The van der Waals surface area contributed by atoms with Crippen molar-refractivity contribution in [3.63, 3.8) is 0 Å². The predicted molar refractivity (Wildman–Crippen MR) is 82.4 cm³/mol. The van der Waals surface area contributed by atoms with Crippen LogP contribution in [-0.4, -0.2) is 26.0 Å². The quantitative estimate of drug-likeness (QED) is 0.811. The van der Waals surface area contributed by atoms with E-state index in [9.17, 15) is 13.2 Å². The largest absolute Gasteiger partial charge is 0.459 e. The molecule has 1 aromatic rings. The number of carbonyl (C=O) groups is 1. The molecule has 0 amide bonds. The van der Waals surface area contributed by atoms with Gasteiger partial charge in [0.25, 0.3) is 10.0 Å². The summed E-state index contributed by atoms with van der Waals surface area (Å²) in [5.74, 6) is -0.603. The van der Waals surface area contributed by atoms with Gasteiger partial charge in [-0.05, 0) is 62.2 Å². The minimum absolute atomic E-state index is 0.164. The number of nitrogens with one attached hydrogen (secondary N) is 1. The first-order valence-electron chi connectivity index (χ1n) is 5.93. The van der Waals surface area contributed by atoms with Crippen LogP contribution in [0.1, 0.15) is 33.3 Å². The lowest BCUT2D eigenvalue weighted by molar-refractivity contribution is -0.156. The lowest BCUT2D eigenvalue weighted by Gasteiger charge is -2.22. The summed E-state index contributed by atoms with van der Waals surface area (Å²) in [6, 6.07) is 0.610. The van der Waals surface area contributed by atoms with Crippen LogP contribution in [0.5, 0.6) is 0 Å². The maximum Gasteiger partial charge on any atom is 0.324 e. The summed E-state index contributed by atoms with van der Waals surface area (Å²) in [5.41, 5.74) is 0.180. The number of ether oxygens (including phenoxy) is 1. The monoisotopic (exact) mass is 383 g/mol. The number of thiophene rings is 1. The SMILES string of the molecule is Cc1cc(S(=O)(=O)N[C@@H](C)C(=O)OC(C)(C)C)sc1Br. The first kappa shape index (κ1) is 17.6. The van der Waals surface area contributed by atoms with Gasteiger partial charge in [0, 0.05) is 0 Å². The number of hydrogen-bond acceptors (Lipinski definition) is 5. The van der Waals surface area contributed by atoms with E-state index in [0.29, 0.717) is 0 Å². The standard InChI is InChI=1S/C12H18BrNO4S2/c1-7-6-9(19-10(7)13)20(16,17)14-8(2)11(15)18-12(3,4)5/h6,8,14H,1-5H3/t8-/m0/s1. The Labute approximate surface area is 131 Å². The number of rotatable bonds is 4. The molecule has 0 saturated carbocycles. The summed E-state index contributed by atoms with van der Waals surface area (Å²) in [4.78, 5) is 11.8. The van der Waals surface area contributed by atoms with E-state index < -0.39 is 27.6 Å². The molecule has 1 heterocycles. The molecule has 0 saturated heterocycles. The fraction of sp³-hybridized carbons (Fsp3) is 0.583. The molecule has 0 spiro atoms. The second kappa shape index (κ2) is 6.13. The predicted octanol–water partition coefficient (Wildman–Crippen LogP) is 2.83. The highest BCUT2D eigenvalue weighted by Crippen LogP contribution is 2.30. The average molecular weight is 384 g/mol. The van der Waals surface area contributed by atoms with Crippen LogP contribution >= 0.6 is 27.3 Å². The second-order valence-corrected chi connectivity index (χ2v) is 9.71. The third kappa shape index (κ3) is 4.83. The first-order chi connectivity index (χ1) is 8.92. The zero-order valence-corrected chi connectivity index (χ0v) is 15.2. The van der Waals surface area contributed by atoms with Crippen molar-refractivity contribution in [2.45, 2.75) is 50.5 Å². The highest BCUT2D eigenvalue weighted by Gasteiger charge is 2.27. The highest BCUT2D eigenvalue weighted by molar-refractivity contribution is 9.11. The summed E-state index contributed by atoms with van der Waals surface area (Å²) >= 11 is 4.38. The van der Waals surface area contributed by atoms with Crippen LogP contribution in [0.15, 0.2) is 14.1 Å². The van der Waals surface area contributed by atoms with E-state index in [1.807, 2.05) is 0 Å². The Morgan fingerprint density at radius 2 is 2.00 bits per heavy atom. The van der Waals surface area contributed by atoms with Crippen molar-refractivity contribution in [1.29, 1.82) is 0 Å². The molecule has 0 aliphatic heterocycles. The van der Waals surface area contributed by atoms with E-state index in [2.05, 4.69) is 20.7 Å². The van der Waals surface area contributed by atoms with E-state index in [-0.39, 0.29) is 4.21 Å². The minimum Gasteiger partial charge on any atom is -0.459 e. The van der Waals surface area contributed by atoms with Crippen molar-refractivity contribution < 1.29 is 17.9 Å². The molecule has 114 valence electrons. The smallest absolute Gasteiger partial charge is 0.324 e. The molecule has 8 heteroatoms. The molecular formula is C12H18BrNO4S2. The fourth-order valence-electron chi connectivity index (χ4n) is 1.29. The van der Waals surface area contributed by atoms with Gasteiger partial charge in [-0.3, -0.25) is 4.79 Å². The maximum absolute atomic E-state index is 12.1. The number of aryl methyl sites for hydroxylation is 1. The Bertz CT molecular complexity index is 582. The molecule has 0 radical (unpaired) electrons. The van der Waals surface area contributed by atoms with Crippen LogP contribution in [-0.2, 0) is 19.6 Å². The van der Waals surface area contributed by atoms with E-state index in [0.717, 1.165) is 20.7 Å². The van der Waals surface area contributed by atoms with Crippen LogP contribution in [0, 0.1) is 6.92 Å². The van der Waals surface area contributed by atoms with Gasteiger partial charge >= 0.3 is 5.97 Å². The average Bonchev–Trinajstić information content (AvgIpc) is 2.57. The van der Waals surface area contributed by atoms with Crippen molar-refractivity contribution in [2.24, 2.45) is 0 Å². The molecule has 0 aliphatic carbocycles. The summed E-state index contributed by atoms with van der Waals surface area (Å²) < 4.78 is 32.7. The third-order valence-electron chi connectivity index (χ3n) is 2.19. The van der Waals surface area contributed by atoms with Gasteiger partial charge in [-0.15, -0.1) is 11.3 Å². The zero-order chi connectivity index (χ0) is 15.7. The molecule has 0 bridgehead atoms. The lowest BCUT2D eigenvalue weighted by atomic mass is 10.2. The number of esters is 1. The molecule has 5 nitrogen and oxygen atoms in total. The Hall–Kier alpha value is -0.440. The topological polar surface area (TPSA) is 72.5 Å². The molecule has 20 heavy (non-hydrogen) atoms. The number of halogens is 1. The van der Waals surface area contributed by atoms with Gasteiger partial charge in [-0.1, -0.05) is 0 Å². The molecule has 0 aromatic carbocycles. The van der Waals surface area contributed by atoms with Crippen molar-refractivity contribution in [3.8, 4) is 0 Å². The molecule has 0 fully saturated rings. The second-order valence-electron chi connectivity index (χ2n) is 5.40. The van der Waals surface area contributed by atoms with E-state index in [1.54, 1.807) is 33.8 Å². The van der Waals surface area contributed by atoms with E-state index >= 15 is 0 Å². The Balaban J connectivity index is 2.83. The Morgan fingerprint density at radius 1 is 1.45 bits per heavy atom. The minimum atomic E-state index is -3.72. The van der Waals surface area contributed by atoms with Gasteiger partial charge in [0.1, 0.15) is 15.9 Å². The summed E-state index contributed by atoms with van der Waals surface area (Å²) in [6.45, 7) is 8.45. The van der Waals surface area contributed by atoms with Gasteiger partial charge in [-0.25, -0.2) is 8.42 Å². The van der Waals surface area contributed by atoms with Gasteiger partial charge in [0.05, 0.1) is 3.79 Å². The first-order valence-corrected chi connectivity index (χ1v) is 9.03. The van der Waals surface area contributed by atoms with Crippen LogP contribution in [0.25, 0.3) is 0 Å². The summed E-state index contributed by atoms with van der Waals surface area (Å²) in [6.07, 6.45) is 0.